The number of Topliss-reactive ketones (excluding diaryl/α,β-unsaturated/α-hetero) is 1. The van der Waals surface area contributed by atoms with Crippen LogP contribution in [0.25, 0.3) is 0 Å². The lowest BCUT2D eigenvalue weighted by Gasteiger charge is -2.26. The van der Waals surface area contributed by atoms with E-state index in [-0.39, 0.29) is 10.7 Å². The number of nitrogens with zero attached hydrogens (tertiary/aromatic N) is 1. The van der Waals surface area contributed by atoms with E-state index in [9.17, 15) is 13.2 Å². The highest BCUT2D eigenvalue weighted by Crippen LogP contribution is 2.18. The molecule has 0 N–H and O–H groups in total. The van der Waals surface area contributed by atoms with Crippen molar-refractivity contribution in [2.75, 3.05) is 26.3 Å². The van der Waals surface area contributed by atoms with Crippen LogP contribution in [0.4, 0.5) is 0 Å². The topological polar surface area (TPSA) is 63.7 Å². The Morgan fingerprint density at radius 3 is 2.38 bits per heavy atom. The van der Waals surface area contributed by atoms with Crippen LogP contribution in [0.15, 0.2) is 29.2 Å². The summed E-state index contributed by atoms with van der Waals surface area (Å²) in [6.07, 6.45) is 2.33. The normalized spacial score (nSPS) is 16.8. The van der Waals surface area contributed by atoms with E-state index >= 15 is 0 Å². The first-order chi connectivity index (χ1) is 10.1. The fourth-order valence-electron chi connectivity index (χ4n) is 2.23. The fourth-order valence-corrected chi connectivity index (χ4v) is 3.64. The fraction of sp³-hybridized carbons (Fsp3) is 0.533. The molecule has 0 radical (unpaired) electrons. The molecule has 1 saturated heterocycles. The molecule has 0 unspecified atom stereocenters. The van der Waals surface area contributed by atoms with Crippen molar-refractivity contribution in [2.45, 2.75) is 31.1 Å². The lowest BCUT2D eigenvalue weighted by molar-refractivity contribution is 0.0730. The Balaban J connectivity index is 2.12. The monoisotopic (exact) mass is 311 g/mol. The van der Waals surface area contributed by atoms with E-state index in [0.29, 0.717) is 38.3 Å². The van der Waals surface area contributed by atoms with Crippen molar-refractivity contribution in [3.05, 3.63) is 29.8 Å². The number of rotatable bonds is 6. The van der Waals surface area contributed by atoms with E-state index in [4.69, 9.17) is 4.74 Å². The first-order valence-corrected chi connectivity index (χ1v) is 8.71. The number of hydrogen-bond donors (Lipinski definition) is 0. The van der Waals surface area contributed by atoms with Crippen LogP contribution in [0, 0.1) is 0 Å². The summed E-state index contributed by atoms with van der Waals surface area (Å²) in [4.78, 5) is 12.1. The Hall–Kier alpha value is -1.24. The molecule has 0 saturated carbocycles. The van der Waals surface area contributed by atoms with Crippen LogP contribution in [-0.2, 0) is 14.8 Å². The quantitative estimate of drug-likeness (QED) is 0.755. The maximum atomic E-state index is 12.4. The Bertz CT molecular complexity index is 574. The van der Waals surface area contributed by atoms with Crippen molar-refractivity contribution in [2.24, 2.45) is 0 Å². The third-order valence-corrected chi connectivity index (χ3v) is 5.45. The largest absolute Gasteiger partial charge is 0.379 e. The van der Waals surface area contributed by atoms with Gasteiger partial charge in [0.25, 0.3) is 0 Å². The number of morpholine rings is 1. The molecule has 0 spiro atoms. The van der Waals surface area contributed by atoms with Gasteiger partial charge in [0.05, 0.1) is 18.1 Å². The zero-order valence-electron chi connectivity index (χ0n) is 12.2. The summed E-state index contributed by atoms with van der Waals surface area (Å²) in [6, 6.07) is 6.24. The minimum atomic E-state index is -3.48. The van der Waals surface area contributed by atoms with E-state index in [1.54, 1.807) is 12.1 Å². The molecular weight excluding hydrogens is 290 g/mol. The first-order valence-electron chi connectivity index (χ1n) is 7.27. The van der Waals surface area contributed by atoms with Crippen molar-refractivity contribution in [1.82, 2.24) is 4.31 Å². The van der Waals surface area contributed by atoms with Crippen molar-refractivity contribution in [1.29, 1.82) is 0 Å². The van der Waals surface area contributed by atoms with Gasteiger partial charge in [0.1, 0.15) is 0 Å². The Morgan fingerprint density at radius 1 is 1.19 bits per heavy atom. The van der Waals surface area contributed by atoms with E-state index in [2.05, 4.69) is 0 Å². The molecule has 1 aromatic carbocycles. The molecule has 0 amide bonds. The predicted octanol–water partition coefficient (Wildman–Crippen LogP) is 2.08. The van der Waals surface area contributed by atoms with Crippen LogP contribution in [-0.4, -0.2) is 44.8 Å². The van der Waals surface area contributed by atoms with Crippen LogP contribution < -0.4 is 0 Å². The van der Waals surface area contributed by atoms with Gasteiger partial charge in [0.15, 0.2) is 5.78 Å². The lowest BCUT2D eigenvalue weighted by atomic mass is 10.1. The molecule has 21 heavy (non-hydrogen) atoms. The van der Waals surface area contributed by atoms with Crippen LogP contribution in [0.5, 0.6) is 0 Å². The molecule has 1 heterocycles. The second-order valence-corrected chi connectivity index (χ2v) is 7.01. The summed E-state index contributed by atoms with van der Waals surface area (Å²) < 4.78 is 31.4. The summed E-state index contributed by atoms with van der Waals surface area (Å²) in [5.74, 6) is 0.0622. The summed E-state index contributed by atoms with van der Waals surface area (Å²) >= 11 is 0. The highest BCUT2D eigenvalue weighted by molar-refractivity contribution is 7.89. The molecule has 1 aliphatic heterocycles. The van der Waals surface area contributed by atoms with Gasteiger partial charge in [0, 0.05) is 25.1 Å². The second-order valence-electron chi connectivity index (χ2n) is 5.07. The third-order valence-electron chi connectivity index (χ3n) is 3.54. The number of ketones is 1. The molecule has 1 aliphatic rings. The maximum Gasteiger partial charge on any atom is 0.243 e. The van der Waals surface area contributed by atoms with Gasteiger partial charge >= 0.3 is 0 Å². The molecule has 0 atom stereocenters. The molecule has 2 rings (SSSR count). The second kappa shape index (κ2) is 7.15. The van der Waals surface area contributed by atoms with Gasteiger partial charge in [0.2, 0.25) is 10.0 Å². The number of carbonyl (C=O) groups excluding carboxylic acids is 1. The molecule has 1 fully saturated rings. The molecular formula is C15H21NO4S. The lowest BCUT2D eigenvalue weighted by Crippen LogP contribution is -2.40. The van der Waals surface area contributed by atoms with Crippen molar-refractivity contribution in [3.63, 3.8) is 0 Å². The zero-order valence-corrected chi connectivity index (χ0v) is 13.1. The van der Waals surface area contributed by atoms with Crippen LogP contribution in [0.2, 0.25) is 0 Å². The highest BCUT2D eigenvalue weighted by atomic mass is 32.2. The molecule has 0 bridgehead atoms. The highest BCUT2D eigenvalue weighted by Gasteiger charge is 2.26. The van der Waals surface area contributed by atoms with Gasteiger partial charge < -0.3 is 4.74 Å². The van der Waals surface area contributed by atoms with Gasteiger partial charge in [-0.25, -0.2) is 8.42 Å². The average molecular weight is 311 g/mol. The van der Waals surface area contributed by atoms with Gasteiger partial charge in [-0.3, -0.25) is 4.79 Å². The Kier molecular flexibility index (Phi) is 5.50. The van der Waals surface area contributed by atoms with Crippen LogP contribution in [0.1, 0.15) is 36.5 Å². The van der Waals surface area contributed by atoms with E-state index in [0.717, 1.165) is 12.8 Å². The van der Waals surface area contributed by atoms with Gasteiger partial charge in [-0.15, -0.1) is 0 Å². The number of unbranched alkanes of at least 4 members (excludes halogenated alkanes) is 1. The predicted molar refractivity (Wildman–Crippen MR) is 79.9 cm³/mol. The number of benzene rings is 1. The molecule has 1 aromatic rings. The molecule has 0 aliphatic carbocycles. The first kappa shape index (κ1) is 16.1. The van der Waals surface area contributed by atoms with Gasteiger partial charge in [-0.05, 0) is 18.6 Å². The van der Waals surface area contributed by atoms with Crippen molar-refractivity contribution >= 4 is 15.8 Å². The summed E-state index contributed by atoms with van der Waals surface area (Å²) in [7, 11) is -3.48. The number of carbonyl (C=O) groups is 1. The minimum absolute atomic E-state index is 0.0622. The maximum absolute atomic E-state index is 12.4. The summed E-state index contributed by atoms with van der Waals surface area (Å²) in [6.45, 7) is 3.63. The van der Waals surface area contributed by atoms with Gasteiger partial charge in [-0.1, -0.05) is 25.5 Å². The van der Waals surface area contributed by atoms with Crippen molar-refractivity contribution in [3.8, 4) is 0 Å². The van der Waals surface area contributed by atoms with Crippen LogP contribution >= 0.6 is 0 Å². The molecule has 5 nitrogen and oxygen atoms in total. The Morgan fingerprint density at radius 2 is 1.81 bits per heavy atom. The van der Waals surface area contributed by atoms with Crippen molar-refractivity contribution < 1.29 is 17.9 Å². The zero-order chi connectivity index (χ0) is 15.3. The smallest absolute Gasteiger partial charge is 0.243 e. The number of sulfonamides is 1. The molecule has 116 valence electrons. The average Bonchev–Trinajstić information content (AvgIpc) is 2.53. The third kappa shape index (κ3) is 3.90. The minimum Gasteiger partial charge on any atom is -0.379 e. The standard InChI is InChI=1S/C15H21NO4S/c1-2-3-4-15(17)13-5-7-14(8-6-13)21(18,19)16-9-11-20-12-10-16/h5-8H,2-4,9-12H2,1H3. The van der Waals surface area contributed by atoms with E-state index in [1.165, 1.54) is 16.4 Å². The number of hydrogen-bond acceptors (Lipinski definition) is 4. The van der Waals surface area contributed by atoms with E-state index < -0.39 is 10.0 Å². The number of ether oxygens (including phenoxy) is 1. The Labute approximate surface area is 126 Å². The molecule has 0 aromatic heterocycles. The summed E-state index contributed by atoms with van der Waals surface area (Å²) in [5, 5.41) is 0. The van der Waals surface area contributed by atoms with E-state index in [1.807, 2.05) is 6.92 Å². The molecule has 6 heteroatoms. The van der Waals surface area contributed by atoms with Crippen LogP contribution in [0.3, 0.4) is 0 Å². The van der Waals surface area contributed by atoms with Gasteiger partial charge in [-0.2, -0.15) is 4.31 Å². The SMILES string of the molecule is CCCCC(=O)c1ccc(S(=O)(=O)N2CCOCC2)cc1. The summed E-state index contributed by atoms with van der Waals surface area (Å²) in [5.41, 5.74) is 0.573.